The van der Waals surface area contributed by atoms with Crippen LogP contribution in [0.4, 0.5) is 0 Å². The molecule has 1 heterocycles. The summed E-state index contributed by atoms with van der Waals surface area (Å²) in [5, 5.41) is 0. The van der Waals surface area contributed by atoms with Crippen molar-refractivity contribution >= 4 is 17.3 Å². The predicted octanol–water partition coefficient (Wildman–Crippen LogP) is 3.40. The lowest BCUT2D eigenvalue weighted by molar-refractivity contribution is -0.143. The Morgan fingerprint density at radius 3 is 2.29 bits per heavy atom. The van der Waals surface area contributed by atoms with Crippen molar-refractivity contribution < 1.29 is 19.0 Å². The molecule has 1 unspecified atom stereocenters. The SMILES string of the molecule is COC(=O)C(COc1ccc(OC)cc1)c1ccc(C)s1. The number of ether oxygens (including phenoxy) is 3. The number of benzene rings is 1. The van der Waals surface area contributed by atoms with Crippen molar-refractivity contribution in [1.29, 1.82) is 0 Å². The van der Waals surface area contributed by atoms with E-state index in [2.05, 4.69) is 0 Å². The lowest BCUT2D eigenvalue weighted by Gasteiger charge is -2.14. The Morgan fingerprint density at radius 2 is 1.76 bits per heavy atom. The molecule has 0 saturated heterocycles. The van der Waals surface area contributed by atoms with Gasteiger partial charge >= 0.3 is 5.97 Å². The molecule has 0 saturated carbocycles. The molecule has 1 aromatic carbocycles. The Kier molecular flexibility index (Phi) is 5.22. The minimum atomic E-state index is -0.407. The Balaban J connectivity index is 2.06. The molecule has 4 nitrogen and oxygen atoms in total. The maximum atomic E-state index is 11.9. The lowest BCUT2D eigenvalue weighted by atomic mass is 10.1. The van der Waals surface area contributed by atoms with E-state index in [9.17, 15) is 4.79 Å². The standard InChI is InChI=1S/C16H18O4S/c1-11-4-9-15(21-11)14(16(17)19-3)10-20-13-7-5-12(18-2)6-8-13/h4-9,14H,10H2,1-3H3. The van der Waals surface area contributed by atoms with Gasteiger partial charge in [-0.05, 0) is 43.3 Å². The van der Waals surface area contributed by atoms with Crippen molar-refractivity contribution in [1.82, 2.24) is 0 Å². The zero-order valence-corrected chi connectivity index (χ0v) is 13.1. The molecule has 0 spiro atoms. The fraction of sp³-hybridized carbons (Fsp3) is 0.312. The van der Waals surface area contributed by atoms with Gasteiger partial charge in [-0.3, -0.25) is 4.79 Å². The normalized spacial score (nSPS) is 11.8. The van der Waals surface area contributed by atoms with E-state index in [1.54, 1.807) is 18.4 Å². The smallest absolute Gasteiger partial charge is 0.317 e. The lowest BCUT2D eigenvalue weighted by Crippen LogP contribution is -2.20. The van der Waals surface area contributed by atoms with Gasteiger partial charge in [0.25, 0.3) is 0 Å². The zero-order chi connectivity index (χ0) is 15.2. The molecule has 112 valence electrons. The summed E-state index contributed by atoms with van der Waals surface area (Å²) in [5.41, 5.74) is 0. The molecule has 5 heteroatoms. The molecule has 1 atom stereocenters. The maximum absolute atomic E-state index is 11.9. The first-order valence-corrected chi connectivity index (χ1v) is 7.36. The van der Waals surface area contributed by atoms with E-state index in [0.29, 0.717) is 5.75 Å². The molecule has 0 N–H and O–H groups in total. The van der Waals surface area contributed by atoms with Gasteiger partial charge in [0.2, 0.25) is 0 Å². The molecule has 0 bridgehead atoms. The van der Waals surface area contributed by atoms with Gasteiger partial charge in [-0.2, -0.15) is 0 Å². The number of aryl methyl sites for hydroxylation is 1. The Bertz CT molecular complexity index is 589. The molecule has 2 rings (SSSR count). The highest BCUT2D eigenvalue weighted by Crippen LogP contribution is 2.27. The number of hydrogen-bond acceptors (Lipinski definition) is 5. The third-order valence-corrected chi connectivity index (χ3v) is 4.18. The van der Waals surface area contributed by atoms with Gasteiger partial charge in [-0.1, -0.05) is 0 Å². The van der Waals surface area contributed by atoms with Gasteiger partial charge in [-0.15, -0.1) is 11.3 Å². The summed E-state index contributed by atoms with van der Waals surface area (Å²) < 4.78 is 15.7. The highest BCUT2D eigenvalue weighted by atomic mass is 32.1. The minimum absolute atomic E-state index is 0.249. The number of thiophene rings is 1. The van der Waals surface area contributed by atoms with Crippen LogP contribution >= 0.6 is 11.3 Å². The molecule has 1 aromatic heterocycles. The average Bonchev–Trinajstić information content (AvgIpc) is 2.94. The van der Waals surface area contributed by atoms with Crippen LogP contribution in [-0.2, 0) is 9.53 Å². The fourth-order valence-electron chi connectivity index (χ4n) is 1.90. The molecular formula is C16H18O4S. The summed E-state index contributed by atoms with van der Waals surface area (Å²) >= 11 is 1.58. The van der Waals surface area contributed by atoms with E-state index in [4.69, 9.17) is 14.2 Å². The Hall–Kier alpha value is -2.01. The van der Waals surface area contributed by atoms with Crippen LogP contribution < -0.4 is 9.47 Å². The number of carbonyl (C=O) groups is 1. The van der Waals surface area contributed by atoms with Crippen molar-refractivity contribution in [3.8, 4) is 11.5 Å². The molecule has 0 aliphatic carbocycles. The fourth-order valence-corrected chi connectivity index (χ4v) is 2.85. The van der Waals surface area contributed by atoms with Gasteiger partial charge < -0.3 is 14.2 Å². The first-order valence-electron chi connectivity index (χ1n) is 6.55. The van der Waals surface area contributed by atoms with Crippen molar-refractivity contribution in [2.24, 2.45) is 0 Å². The van der Waals surface area contributed by atoms with Crippen molar-refractivity contribution in [2.45, 2.75) is 12.8 Å². The summed E-state index contributed by atoms with van der Waals surface area (Å²) in [6.07, 6.45) is 0. The number of hydrogen-bond donors (Lipinski definition) is 0. The average molecular weight is 306 g/mol. The van der Waals surface area contributed by atoms with Gasteiger partial charge in [0.1, 0.15) is 24.0 Å². The summed E-state index contributed by atoms with van der Waals surface area (Å²) in [6, 6.07) is 11.2. The summed E-state index contributed by atoms with van der Waals surface area (Å²) in [6.45, 7) is 2.26. The first-order chi connectivity index (χ1) is 10.1. The molecule has 0 radical (unpaired) electrons. The number of esters is 1. The largest absolute Gasteiger partial charge is 0.497 e. The van der Waals surface area contributed by atoms with Gasteiger partial charge in [0.05, 0.1) is 14.2 Å². The molecule has 21 heavy (non-hydrogen) atoms. The first kappa shape index (κ1) is 15.4. The molecule has 2 aromatic rings. The second-order valence-electron chi connectivity index (χ2n) is 4.51. The predicted molar refractivity (Wildman–Crippen MR) is 82.3 cm³/mol. The van der Waals surface area contributed by atoms with E-state index in [1.165, 1.54) is 7.11 Å². The molecule has 0 fully saturated rings. The van der Waals surface area contributed by atoms with Crippen LogP contribution in [0, 0.1) is 6.92 Å². The minimum Gasteiger partial charge on any atom is -0.497 e. The highest BCUT2D eigenvalue weighted by Gasteiger charge is 2.24. The van der Waals surface area contributed by atoms with Gasteiger partial charge in [0, 0.05) is 9.75 Å². The Labute approximate surface area is 128 Å². The maximum Gasteiger partial charge on any atom is 0.317 e. The third-order valence-electron chi connectivity index (χ3n) is 3.07. The van der Waals surface area contributed by atoms with Crippen LogP contribution in [0.2, 0.25) is 0 Å². The zero-order valence-electron chi connectivity index (χ0n) is 12.3. The van der Waals surface area contributed by atoms with Crippen LogP contribution in [0.25, 0.3) is 0 Å². The topological polar surface area (TPSA) is 44.8 Å². The van der Waals surface area contributed by atoms with Crippen LogP contribution in [0.5, 0.6) is 11.5 Å². The van der Waals surface area contributed by atoms with E-state index in [1.807, 2.05) is 43.3 Å². The number of methoxy groups -OCH3 is 2. The Morgan fingerprint density at radius 1 is 1.10 bits per heavy atom. The van der Waals surface area contributed by atoms with E-state index >= 15 is 0 Å². The van der Waals surface area contributed by atoms with Gasteiger partial charge in [-0.25, -0.2) is 0 Å². The summed E-state index contributed by atoms with van der Waals surface area (Å²) in [4.78, 5) is 14.0. The van der Waals surface area contributed by atoms with E-state index in [0.717, 1.165) is 15.5 Å². The van der Waals surface area contributed by atoms with Crippen LogP contribution in [0.1, 0.15) is 15.7 Å². The van der Waals surface area contributed by atoms with E-state index < -0.39 is 5.92 Å². The summed E-state index contributed by atoms with van der Waals surface area (Å²) in [7, 11) is 3.01. The van der Waals surface area contributed by atoms with Crippen molar-refractivity contribution in [2.75, 3.05) is 20.8 Å². The molecule has 0 amide bonds. The van der Waals surface area contributed by atoms with Crippen molar-refractivity contribution in [3.63, 3.8) is 0 Å². The highest BCUT2D eigenvalue weighted by molar-refractivity contribution is 7.12. The quantitative estimate of drug-likeness (QED) is 0.767. The van der Waals surface area contributed by atoms with Crippen LogP contribution in [-0.4, -0.2) is 26.8 Å². The van der Waals surface area contributed by atoms with Crippen molar-refractivity contribution in [3.05, 3.63) is 46.2 Å². The second-order valence-corrected chi connectivity index (χ2v) is 5.83. The van der Waals surface area contributed by atoms with Crippen LogP contribution in [0.15, 0.2) is 36.4 Å². The molecule has 0 aliphatic rings. The van der Waals surface area contributed by atoms with Crippen LogP contribution in [0.3, 0.4) is 0 Å². The monoisotopic (exact) mass is 306 g/mol. The number of rotatable bonds is 6. The molecular weight excluding hydrogens is 288 g/mol. The molecule has 0 aliphatic heterocycles. The third kappa shape index (κ3) is 3.98. The second kappa shape index (κ2) is 7.13. The van der Waals surface area contributed by atoms with Gasteiger partial charge in [0.15, 0.2) is 0 Å². The summed E-state index contributed by atoms with van der Waals surface area (Å²) in [5.74, 6) is 0.764. The number of carbonyl (C=O) groups excluding carboxylic acids is 1. The van der Waals surface area contributed by atoms with E-state index in [-0.39, 0.29) is 12.6 Å².